The van der Waals surface area contributed by atoms with E-state index in [-0.39, 0.29) is 24.0 Å². The summed E-state index contributed by atoms with van der Waals surface area (Å²) in [6.07, 6.45) is 2.72. The van der Waals surface area contributed by atoms with Gasteiger partial charge in [0.25, 0.3) is 0 Å². The number of thiophene rings is 1. The molecule has 2 heterocycles. The van der Waals surface area contributed by atoms with Crippen molar-refractivity contribution in [2.24, 2.45) is 4.99 Å². The molecule has 4 nitrogen and oxygen atoms in total. The molecule has 2 rings (SSSR count). The Kier molecular flexibility index (Phi) is 9.42. The third-order valence-electron chi connectivity index (χ3n) is 2.76. The number of guanidine groups is 1. The van der Waals surface area contributed by atoms with Crippen molar-refractivity contribution in [2.45, 2.75) is 19.9 Å². The number of aromatic nitrogens is 1. The van der Waals surface area contributed by atoms with Crippen LogP contribution in [-0.2, 0) is 13.0 Å². The monoisotopic (exact) mass is 450 g/mol. The minimum absolute atomic E-state index is 0. The topological polar surface area (TPSA) is 49.3 Å². The lowest BCUT2D eigenvalue weighted by molar-refractivity contribution is 0.801. The van der Waals surface area contributed by atoms with Crippen molar-refractivity contribution in [2.75, 3.05) is 13.1 Å². The zero-order valence-corrected chi connectivity index (χ0v) is 16.3. The van der Waals surface area contributed by atoms with Crippen molar-refractivity contribution < 1.29 is 0 Å². The molecule has 2 N–H and O–H groups in total. The number of halogens is 2. The highest BCUT2D eigenvalue weighted by molar-refractivity contribution is 14.0. The highest BCUT2D eigenvalue weighted by atomic mass is 127. The van der Waals surface area contributed by atoms with Crippen LogP contribution >= 0.6 is 46.9 Å². The number of hydrogen-bond acceptors (Lipinski definition) is 3. The van der Waals surface area contributed by atoms with Crippen molar-refractivity contribution in [3.63, 3.8) is 0 Å². The summed E-state index contributed by atoms with van der Waals surface area (Å²) in [4.78, 5) is 10.1. The van der Waals surface area contributed by atoms with Crippen molar-refractivity contribution in [1.82, 2.24) is 15.6 Å². The van der Waals surface area contributed by atoms with Gasteiger partial charge in [0.1, 0.15) is 0 Å². The lowest BCUT2D eigenvalue weighted by atomic mass is 10.3. The Morgan fingerprint density at radius 2 is 2.14 bits per heavy atom. The third-order valence-corrected chi connectivity index (χ3v) is 4.05. The quantitative estimate of drug-likeness (QED) is 0.401. The maximum Gasteiger partial charge on any atom is 0.191 e. The van der Waals surface area contributed by atoms with E-state index in [1.807, 2.05) is 24.3 Å². The summed E-state index contributed by atoms with van der Waals surface area (Å²) in [6, 6.07) is 9.84. The highest BCUT2D eigenvalue weighted by Gasteiger charge is 2.00. The molecule has 7 heteroatoms. The molecule has 0 aliphatic rings. The fourth-order valence-corrected chi connectivity index (χ4v) is 2.87. The van der Waals surface area contributed by atoms with Gasteiger partial charge in [-0.05, 0) is 37.6 Å². The predicted molar refractivity (Wildman–Crippen MR) is 106 cm³/mol. The second-order valence-corrected chi connectivity index (χ2v) is 6.20. The Morgan fingerprint density at radius 1 is 1.27 bits per heavy atom. The van der Waals surface area contributed by atoms with Gasteiger partial charge in [-0.15, -0.1) is 35.3 Å². The third kappa shape index (κ3) is 6.93. The molecular formula is C15H20ClIN4S. The van der Waals surface area contributed by atoms with Crippen molar-refractivity contribution in [3.05, 3.63) is 51.4 Å². The number of nitrogens with zero attached hydrogens (tertiary/aromatic N) is 2. The highest BCUT2D eigenvalue weighted by Crippen LogP contribution is 2.21. The molecule has 0 spiro atoms. The van der Waals surface area contributed by atoms with Gasteiger partial charge >= 0.3 is 0 Å². The van der Waals surface area contributed by atoms with Crippen LogP contribution in [0.1, 0.15) is 17.5 Å². The molecule has 2 aromatic rings. The summed E-state index contributed by atoms with van der Waals surface area (Å²) in [5, 5.41) is 6.56. The molecule has 0 amide bonds. The van der Waals surface area contributed by atoms with Crippen molar-refractivity contribution >= 4 is 52.9 Å². The van der Waals surface area contributed by atoms with Crippen molar-refractivity contribution in [1.29, 1.82) is 0 Å². The Balaban J connectivity index is 0.00000242. The first-order chi connectivity index (χ1) is 10.3. The molecule has 0 fully saturated rings. The molecule has 0 bridgehead atoms. The van der Waals surface area contributed by atoms with Crippen LogP contribution in [0.3, 0.4) is 0 Å². The summed E-state index contributed by atoms with van der Waals surface area (Å²) in [7, 11) is 0. The maximum atomic E-state index is 5.92. The van der Waals surface area contributed by atoms with Crippen molar-refractivity contribution in [3.8, 4) is 0 Å². The summed E-state index contributed by atoms with van der Waals surface area (Å²) >= 11 is 7.54. The molecule has 22 heavy (non-hydrogen) atoms. The summed E-state index contributed by atoms with van der Waals surface area (Å²) in [6.45, 7) is 4.28. The van der Waals surface area contributed by atoms with Gasteiger partial charge in [-0.2, -0.15) is 0 Å². The normalized spacial score (nSPS) is 10.9. The zero-order valence-electron chi connectivity index (χ0n) is 12.4. The molecule has 0 radical (unpaired) electrons. The minimum Gasteiger partial charge on any atom is -0.357 e. The van der Waals surface area contributed by atoms with Gasteiger partial charge < -0.3 is 10.6 Å². The van der Waals surface area contributed by atoms with Gasteiger partial charge in [-0.3, -0.25) is 4.98 Å². The fraction of sp³-hybridized carbons (Fsp3) is 0.333. The molecular weight excluding hydrogens is 431 g/mol. The van der Waals surface area contributed by atoms with E-state index in [4.69, 9.17) is 11.6 Å². The SMILES string of the molecule is CCNC(=NCc1ccccn1)NCCc1ccc(Cl)s1.I. The second kappa shape index (κ2) is 10.8. The van der Waals surface area contributed by atoms with Crippen LogP contribution in [-0.4, -0.2) is 24.0 Å². The van der Waals surface area contributed by atoms with E-state index in [1.165, 1.54) is 4.88 Å². The van der Waals surface area contributed by atoms with E-state index in [2.05, 4.69) is 33.6 Å². The van der Waals surface area contributed by atoms with Gasteiger partial charge in [-0.25, -0.2) is 4.99 Å². The van der Waals surface area contributed by atoms with Crippen LogP contribution < -0.4 is 10.6 Å². The average Bonchev–Trinajstić information content (AvgIpc) is 2.91. The molecule has 0 atom stereocenters. The molecule has 0 aliphatic heterocycles. The van der Waals surface area contributed by atoms with Crippen LogP contribution in [0, 0.1) is 0 Å². The van der Waals surface area contributed by atoms with Crippen LogP contribution in [0.2, 0.25) is 4.34 Å². The first-order valence-corrected chi connectivity index (χ1v) is 8.13. The van der Waals surface area contributed by atoms with E-state index in [9.17, 15) is 0 Å². The number of hydrogen-bond donors (Lipinski definition) is 2. The van der Waals surface area contributed by atoms with E-state index in [1.54, 1.807) is 17.5 Å². The van der Waals surface area contributed by atoms with Gasteiger partial charge in [0.2, 0.25) is 0 Å². The number of nitrogens with one attached hydrogen (secondary N) is 2. The number of aliphatic imine (C=N–C) groups is 1. The van der Waals surface area contributed by atoms with Crippen LogP contribution in [0.5, 0.6) is 0 Å². The number of pyridine rings is 1. The van der Waals surface area contributed by atoms with Gasteiger partial charge in [0.15, 0.2) is 5.96 Å². The fourth-order valence-electron chi connectivity index (χ4n) is 1.78. The van der Waals surface area contributed by atoms with E-state index >= 15 is 0 Å². The Hall–Kier alpha value is -0.860. The molecule has 0 saturated heterocycles. The van der Waals surface area contributed by atoms with Gasteiger partial charge in [0, 0.05) is 24.2 Å². The second-order valence-electron chi connectivity index (χ2n) is 4.40. The largest absolute Gasteiger partial charge is 0.357 e. The van der Waals surface area contributed by atoms with Gasteiger partial charge in [-0.1, -0.05) is 17.7 Å². The van der Waals surface area contributed by atoms with Crippen LogP contribution in [0.25, 0.3) is 0 Å². The lowest BCUT2D eigenvalue weighted by Crippen LogP contribution is -2.38. The molecule has 120 valence electrons. The Morgan fingerprint density at radius 3 is 2.77 bits per heavy atom. The number of rotatable bonds is 6. The maximum absolute atomic E-state index is 5.92. The van der Waals surface area contributed by atoms with Crippen LogP contribution in [0.4, 0.5) is 0 Å². The molecule has 2 aromatic heterocycles. The summed E-state index contributed by atoms with van der Waals surface area (Å²) in [5.41, 5.74) is 0.958. The summed E-state index contributed by atoms with van der Waals surface area (Å²) < 4.78 is 0.834. The molecule has 0 unspecified atom stereocenters. The predicted octanol–water partition coefficient (Wildman–Crippen LogP) is 3.71. The van der Waals surface area contributed by atoms with E-state index in [0.717, 1.165) is 35.5 Å². The lowest BCUT2D eigenvalue weighted by Gasteiger charge is -2.10. The standard InChI is InChI=1S/C15H19ClN4S.HI/c1-2-17-15(20-11-12-5-3-4-9-18-12)19-10-8-13-6-7-14(16)21-13;/h3-7,9H,2,8,10-11H2,1H3,(H2,17,19,20);1H. The summed E-state index contributed by atoms with van der Waals surface area (Å²) in [5.74, 6) is 0.811. The molecule has 0 saturated carbocycles. The first-order valence-electron chi connectivity index (χ1n) is 6.94. The smallest absolute Gasteiger partial charge is 0.191 e. The average molecular weight is 451 g/mol. The minimum atomic E-state index is 0. The first kappa shape index (κ1) is 19.2. The van der Waals surface area contributed by atoms with Gasteiger partial charge in [0.05, 0.1) is 16.6 Å². The van der Waals surface area contributed by atoms with E-state index < -0.39 is 0 Å². The molecule has 0 aromatic carbocycles. The van der Waals surface area contributed by atoms with Crippen LogP contribution in [0.15, 0.2) is 41.5 Å². The molecule has 0 aliphatic carbocycles. The zero-order chi connectivity index (χ0) is 14.9. The Bertz CT molecular complexity index is 574. The Labute approximate surface area is 157 Å². The van der Waals surface area contributed by atoms with E-state index in [0.29, 0.717) is 6.54 Å².